The van der Waals surface area contributed by atoms with Gasteiger partial charge < -0.3 is 15.0 Å². The van der Waals surface area contributed by atoms with Gasteiger partial charge in [-0.15, -0.1) is 0 Å². The average molecular weight is 727 g/mol. The number of fused-ring (bicyclic) bond motifs is 3. The Kier molecular flexibility index (Phi) is 8.97. The average Bonchev–Trinajstić information content (AvgIpc) is 3.50. The number of benzene rings is 1. The number of carbonyl (C=O) groups excluding carboxylic acids is 4. The van der Waals surface area contributed by atoms with Crippen LogP contribution in [0, 0.1) is 12.3 Å². The highest BCUT2D eigenvalue weighted by Gasteiger charge is 2.66. The van der Waals surface area contributed by atoms with Gasteiger partial charge in [0.05, 0.1) is 36.9 Å². The number of piperidine rings is 1. The number of aryl methyl sites for hydroxylation is 1. The molecule has 1 aliphatic carbocycles. The van der Waals surface area contributed by atoms with Gasteiger partial charge in [-0.2, -0.15) is 5.10 Å². The lowest BCUT2D eigenvalue weighted by atomic mass is 9.94. The van der Waals surface area contributed by atoms with Crippen LogP contribution >= 0.6 is 15.9 Å². The maximum absolute atomic E-state index is 14.3. The normalized spacial score (nSPS) is 22.7. The highest BCUT2D eigenvalue weighted by Crippen LogP contribution is 2.59. The van der Waals surface area contributed by atoms with Crippen molar-refractivity contribution in [2.24, 2.45) is 5.41 Å². The number of pyridine rings is 1. The maximum Gasteiger partial charge on any atom is 0.245 e. The summed E-state index contributed by atoms with van der Waals surface area (Å²) in [5.41, 5.74) is 3.53. The number of rotatable bonds is 4. The lowest BCUT2D eigenvalue weighted by Crippen LogP contribution is -2.45. The molecule has 0 unspecified atom stereocenters. The maximum atomic E-state index is 14.3. The third-order valence-electron chi connectivity index (χ3n) is 9.75. The largest absolute Gasteiger partial charge is 0.373 e. The molecular formula is C36H36BrN7O5. The molecule has 1 saturated heterocycles. The number of likely N-dealkylation sites (tertiary alicyclic amines) is 1. The Labute approximate surface area is 291 Å². The van der Waals surface area contributed by atoms with Crippen molar-refractivity contribution in [1.29, 1.82) is 0 Å². The fourth-order valence-corrected chi connectivity index (χ4v) is 7.43. The third kappa shape index (κ3) is 6.69. The second-order valence-corrected chi connectivity index (χ2v) is 13.9. The van der Waals surface area contributed by atoms with Gasteiger partial charge in [-0.3, -0.25) is 23.9 Å². The monoisotopic (exact) mass is 725 g/mol. The number of Topliss-reactive ketones (excluding diaryl/α,β-unsaturated/α-hetero) is 2. The number of allylic oxidation sites excluding steroid dienone is 1. The summed E-state index contributed by atoms with van der Waals surface area (Å²) in [5, 5.41) is 8.27. The molecule has 2 aliphatic heterocycles. The Hall–Kier alpha value is -4.62. The lowest BCUT2D eigenvalue weighted by molar-refractivity contribution is -0.139. The van der Waals surface area contributed by atoms with Gasteiger partial charge in [0, 0.05) is 54.7 Å². The first-order chi connectivity index (χ1) is 23.6. The summed E-state index contributed by atoms with van der Waals surface area (Å²) in [7, 11) is 0. The number of ether oxygens (including phenoxy) is 1. The molecule has 1 spiro atoms. The first-order valence-electron chi connectivity index (χ1n) is 16.4. The second kappa shape index (κ2) is 13.4. The molecule has 7 rings (SSSR count). The summed E-state index contributed by atoms with van der Waals surface area (Å²) in [6.07, 6.45) is 9.37. The molecule has 2 amide bonds. The predicted octanol–water partition coefficient (Wildman–Crippen LogP) is 4.32. The minimum absolute atomic E-state index is 0.0300. The van der Waals surface area contributed by atoms with Gasteiger partial charge in [0.25, 0.3) is 0 Å². The van der Waals surface area contributed by atoms with E-state index >= 15 is 0 Å². The summed E-state index contributed by atoms with van der Waals surface area (Å²) in [6, 6.07) is 8.41. The topological polar surface area (TPSA) is 149 Å². The zero-order valence-corrected chi connectivity index (χ0v) is 28.9. The number of carbonyl (C=O) groups is 4. The molecule has 13 heteroatoms. The highest BCUT2D eigenvalue weighted by molar-refractivity contribution is 9.10. The summed E-state index contributed by atoms with van der Waals surface area (Å²) in [4.78, 5) is 68.7. The van der Waals surface area contributed by atoms with Crippen molar-refractivity contribution in [2.45, 2.75) is 71.2 Å². The van der Waals surface area contributed by atoms with E-state index in [-0.39, 0.29) is 60.1 Å². The van der Waals surface area contributed by atoms with Crippen LogP contribution in [0.15, 0.2) is 59.5 Å². The van der Waals surface area contributed by atoms with E-state index in [0.717, 1.165) is 16.7 Å². The van der Waals surface area contributed by atoms with Crippen molar-refractivity contribution in [2.75, 3.05) is 13.2 Å². The molecule has 0 radical (unpaired) electrons. The Balaban J connectivity index is 1.19. The number of amides is 2. The molecular weight excluding hydrogens is 690 g/mol. The van der Waals surface area contributed by atoms with Crippen LogP contribution in [0.4, 0.5) is 0 Å². The number of hydrogen-bond donors (Lipinski definition) is 1. The molecule has 2 fully saturated rings. The fraction of sp³-hybridized carbons (Fsp3) is 0.389. The molecule has 5 heterocycles. The van der Waals surface area contributed by atoms with Crippen molar-refractivity contribution in [3.8, 4) is 11.1 Å². The Bertz CT molecular complexity index is 2010. The molecule has 49 heavy (non-hydrogen) atoms. The molecule has 2 bridgehead atoms. The highest BCUT2D eigenvalue weighted by atomic mass is 79.9. The molecule has 4 aromatic rings. The molecule has 12 nitrogen and oxygen atoms in total. The number of ketones is 2. The summed E-state index contributed by atoms with van der Waals surface area (Å²) >= 11 is 3.44. The van der Waals surface area contributed by atoms with Crippen molar-refractivity contribution >= 4 is 50.2 Å². The molecule has 3 aliphatic rings. The molecule has 252 valence electrons. The van der Waals surface area contributed by atoms with Crippen LogP contribution in [0.5, 0.6) is 0 Å². The zero-order chi connectivity index (χ0) is 34.3. The van der Waals surface area contributed by atoms with Crippen LogP contribution < -0.4 is 5.32 Å². The van der Waals surface area contributed by atoms with E-state index in [1.165, 1.54) is 6.92 Å². The molecule has 1 saturated carbocycles. The minimum atomic E-state index is -0.697. The van der Waals surface area contributed by atoms with Gasteiger partial charge >= 0.3 is 0 Å². The first-order valence-corrected chi connectivity index (χ1v) is 17.2. The van der Waals surface area contributed by atoms with Gasteiger partial charge in [0.1, 0.15) is 22.7 Å². The summed E-state index contributed by atoms with van der Waals surface area (Å²) in [5.74, 6) is -0.0328. The van der Waals surface area contributed by atoms with Crippen molar-refractivity contribution in [3.05, 3.63) is 82.3 Å². The predicted molar refractivity (Wildman–Crippen MR) is 183 cm³/mol. The Morgan fingerprint density at radius 3 is 2.69 bits per heavy atom. The number of hydrogen-bond acceptors (Lipinski definition) is 9. The first kappa shape index (κ1) is 32.9. The van der Waals surface area contributed by atoms with Crippen molar-refractivity contribution in [1.82, 2.24) is 34.9 Å². The van der Waals surface area contributed by atoms with E-state index in [4.69, 9.17) is 4.74 Å². The van der Waals surface area contributed by atoms with Gasteiger partial charge in [-0.1, -0.05) is 24.3 Å². The van der Waals surface area contributed by atoms with E-state index in [0.29, 0.717) is 65.9 Å². The zero-order valence-electron chi connectivity index (χ0n) is 27.3. The number of aromatic nitrogens is 5. The van der Waals surface area contributed by atoms with Crippen LogP contribution in [0.1, 0.15) is 60.2 Å². The Morgan fingerprint density at radius 1 is 1.08 bits per heavy atom. The molecule has 3 atom stereocenters. The third-order valence-corrected chi connectivity index (χ3v) is 10.2. The van der Waals surface area contributed by atoms with E-state index in [1.807, 2.05) is 49.4 Å². The smallest absolute Gasteiger partial charge is 0.245 e. The summed E-state index contributed by atoms with van der Waals surface area (Å²) in [6.45, 7) is 4.15. The SMILES string of the molecule is CC(=O)c1nn(CC(=O)N2[C@H]3C[C@@]4(CNC(=O)CCC=CCOCc5ccc(Br)nc5CC3=O)C[C@@H]24)c2ccc(-c3cnc(C)nc3)cc12. The van der Waals surface area contributed by atoms with E-state index in [2.05, 4.69) is 41.3 Å². The van der Waals surface area contributed by atoms with Crippen LogP contribution in [0.25, 0.3) is 22.0 Å². The number of halogens is 1. The molecule has 1 aromatic carbocycles. The van der Waals surface area contributed by atoms with Gasteiger partial charge in [0.2, 0.25) is 11.8 Å². The molecule has 3 aromatic heterocycles. The van der Waals surface area contributed by atoms with Crippen molar-refractivity contribution < 1.29 is 23.9 Å². The van der Waals surface area contributed by atoms with E-state index in [9.17, 15) is 19.2 Å². The minimum Gasteiger partial charge on any atom is -0.373 e. The fourth-order valence-electron chi connectivity index (χ4n) is 7.08. The van der Waals surface area contributed by atoms with Crippen LogP contribution in [0.3, 0.4) is 0 Å². The van der Waals surface area contributed by atoms with Gasteiger partial charge in [0.15, 0.2) is 11.6 Å². The van der Waals surface area contributed by atoms with E-state index < -0.39 is 6.04 Å². The van der Waals surface area contributed by atoms with Crippen LogP contribution in [-0.4, -0.2) is 78.2 Å². The number of nitrogens with one attached hydrogen (secondary N) is 1. The van der Waals surface area contributed by atoms with E-state index in [1.54, 1.807) is 22.0 Å². The quantitative estimate of drug-likeness (QED) is 0.185. The standard InChI is InChI=1S/C36H36BrN7O5/c1-21(45)35-26-12-23(25-16-38-22(2)39-17-25)7-9-28(26)43(42-35)18-34(48)44-29-14-36(15-31(36)44)20-40-33(47)6-4-3-5-11-49-19-24-8-10-32(37)41-27(24)13-30(29)46/h3,5,7-10,12,16-17,29,31H,4,6,11,13-15,18-20H2,1-2H3,(H,40,47)/t29-,31+,36-/m0/s1. The van der Waals surface area contributed by atoms with Crippen LogP contribution in [-0.2, 0) is 38.7 Å². The summed E-state index contributed by atoms with van der Waals surface area (Å²) < 4.78 is 7.99. The van der Waals surface area contributed by atoms with Crippen LogP contribution in [0.2, 0.25) is 0 Å². The van der Waals surface area contributed by atoms with Gasteiger partial charge in [-0.25, -0.2) is 15.0 Å². The van der Waals surface area contributed by atoms with Crippen molar-refractivity contribution in [3.63, 3.8) is 0 Å². The lowest BCUT2D eigenvalue weighted by Gasteiger charge is -2.27. The second-order valence-electron chi connectivity index (χ2n) is 13.1. The number of nitrogens with zero attached hydrogens (tertiary/aromatic N) is 6. The van der Waals surface area contributed by atoms with Gasteiger partial charge in [-0.05, 0) is 71.4 Å². The Morgan fingerprint density at radius 2 is 1.90 bits per heavy atom. The molecule has 1 N–H and O–H groups in total.